The van der Waals surface area contributed by atoms with E-state index >= 15 is 0 Å². The van der Waals surface area contributed by atoms with E-state index in [0.717, 1.165) is 18.2 Å². The minimum atomic E-state index is 0.536. The summed E-state index contributed by atoms with van der Waals surface area (Å²) in [6.07, 6.45) is 2.50. The first-order chi connectivity index (χ1) is 7.24. The molecule has 0 unspecified atom stereocenters. The highest BCUT2D eigenvalue weighted by atomic mass is 32.1. The summed E-state index contributed by atoms with van der Waals surface area (Å²) in [4.78, 5) is 6.92. The van der Waals surface area contributed by atoms with Gasteiger partial charge in [0.25, 0.3) is 0 Å². The maximum Gasteiger partial charge on any atom is 0.185 e. The van der Waals surface area contributed by atoms with E-state index in [1.165, 1.54) is 0 Å². The summed E-state index contributed by atoms with van der Waals surface area (Å²) in [5.74, 6) is 0. The molecule has 84 valence electrons. The predicted molar refractivity (Wildman–Crippen MR) is 67.6 cm³/mol. The van der Waals surface area contributed by atoms with E-state index in [4.69, 9.17) is 22.7 Å². The van der Waals surface area contributed by atoms with Crippen molar-refractivity contribution >= 4 is 33.7 Å². The molecule has 0 amide bonds. The maximum absolute atomic E-state index is 5.48. The van der Waals surface area contributed by atoms with Crippen LogP contribution in [0.5, 0.6) is 0 Å². The van der Waals surface area contributed by atoms with Crippen molar-refractivity contribution in [3.05, 3.63) is 11.6 Å². The summed E-state index contributed by atoms with van der Waals surface area (Å²) in [5, 5.41) is 2.94. The second kappa shape index (κ2) is 6.71. The SMILES string of the molecule is COCCN(CCC(N)=S)c1nccs1. The van der Waals surface area contributed by atoms with Gasteiger partial charge >= 0.3 is 0 Å². The number of ether oxygens (including phenoxy) is 1. The van der Waals surface area contributed by atoms with Crippen molar-refractivity contribution in [1.82, 2.24) is 4.98 Å². The van der Waals surface area contributed by atoms with E-state index in [2.05, 4.69) is 9.88 Å². The molecule has 6 heteroatoms. The normalized spacial score (nSPS) is 10.2. The van der Waals surface area contributed by atoms with Crippen LogP contribution in [0.4, 0.5) is 5.13 Å². The Morgan fingerprint density at radius 1 is 1.67 bits per heavy atom. The monoisotopic (exact) mass is 245 g/mol. The van der Waals surface area contributed by atoms with Gasteiger partial charge in [-0.05, 0) is 0 Å². The summed E-state index contributed by atoms with van der Waals surface area (Å²) in [7, 11) is 1.69. The van der Waals surface area contributed by atoms with Crippen molar-refractivity contribution in [1.29, 1.82) is 0 Å². The fraction of sp³-hybridized carbons (Fsp3) is 0.556. The van der Waals surface area contributed by atoms with Gasteiger partial charge in [0.2, 0.25) is 0 Å². The Morgan fingerprint density at radius 3 is 3.00 bits per heavy atom. The molecule has 4 nitrogen and oxygen atoms in total. The lowest BCUT2D eigenvalue weighted by Gasteiger charge is -2.20. The zero-order valence-electron chi connectivity index (χ0n) is 8.68. The number of thiazole rings is 1. The number of anilines is 1. The highest BCUT2D eigenvalue weighted by Crippen LogP contribution is 2.17. The first-order valence-electron chi connectivity index (χ1n) is 4.65. The van der Waals surface area contributed by atoms with Gasteiger partial charge in [-0.25, -0.2) is 4.98 Å². The maximum atomic E-state index is 5.48. The molecule has 0 spiro atoms. The summed E-state index contributed by atoms with van der Waals surface area (Å²) in [5.41, 5.74) is 5.48. The van der Waals surface area contributed by atoms with Crippen LogP contribution in [-0.4, -0.2) is 36.8 Å². The topological polar surface area (TPSA) is 51.4 Å². The number of hydrogen-bond acceptors (Lipinski definition) is 5. The van der Waals surface area contributed by atoms with Gasteiger partial charge in [-0.3, -0.25) is 0 Å². The van der Waals surface area contributed by atoms with Gasteiger partial charge in [0, 0.05) is 38.2 Å². The average molecular weight is 245 g/mol. The van der Waals surface area contributed by atoms with Gasteiger partial charge in [-0.15, -0.1) is 11.3 Å². The Balaban J connectivity index is 2.49. The smallest absolute Gasteiger partial charge is 0.185 e. The average Bonchev–Trinajstić information content (AvgIpc) is 2.71. The van der Waals surface area contributed by atoms with Crippen LogP contribution < -0.4 is 10.6 Å². The second-order valence-corrected chi connectivity index (χ2v) is 4.41. The van der Waals surface area contributed by atoms with Gasteiger partial charge in [-0.2, -0.15) is 0 Å². The van der Waals surface area contributed by atoms with Gasteiger partial charge in [0.1, 0.15) is 0 Å². The quantitative estimate of drug-likeness (QED) is 0.733. The Kier molecular flexibility index (Phi) is 5.52. The molecular formula is C9H15N3OS2. The summed E-state index contributed by atoms with van der Waals surface area (Å²) in [6, 6.07) is 0. The Bertz CT molecular complexity index is 290. The van der Waals surface area contributed by atoms with Crippen LogP contribution in [0.25, 0.3) is 0 Å². The second-order valence-electron chi connectivity index (χ2n) is 3.01. The van der Waals surface area contributed by atoms with E-state index in [9.17, 15) is 0 Å². The third-order valence-electron chi connectivity index (χ3n) is 1.88. The molecule has 0 saturated carbocycles. The number of hydrogen-bond donors (Lipinski definition) is 1. The van der Waals surface area contributed by atoms with Crippen molar-refractivity contribution in [2.24, 2.45) is 5.73 Å². The van der Waals surface area contributed by atoms with E-state index in [-0.39, 0.29) is 0 Å². The first-order valence-corrected chi connectivity index (χ1v) is 5.94. The lowest BCUT2D eigenvalue weighted by Crippen LogP contribution is -2.30. The largest absolute Gasteiger partial charge is 0.393 e. The predicted octanol–water partition coefficient (Wildman–Crippen LogP) is 1.27. The molecule has 0 aliphatic heterocycles. The van der Waals surface area contributed by atoms with Gasteiger partial charge in [-0.1, -0.05) is 12.2 Å². The number of aromatic nitrogens is 1. The van der Waals surface area contributed by atoms with Crippen LogP contribution in [-0.2, 0) is 4.74 Å². The fourth-order valence-electron chi connectivity index (χ4n) is 1.12. The molecule has 0 aliphatic carbocycles. The van der Waals surface area contributed by atoms with E-state index in [0.29, 0.717) is 18.0 Å². The molecule has 0 radical (unpaired) electrons. The van der Waals surface area contributed by atoms with Crippen molar-refractivity contribution in [2.45, 2.75) is 6.42 Å². The molecule has 1 aromatic heterocycles. The molecule has 0 aliphatic rings. The first kappa shape index (κ1) is 12.4. The van der Waals surface area contributed by atoms with Crippen molar-refractivity contribution in [2.75, 3.05) is 31.7 Å². The fourth-order valence-corrected chi connectivity index (χ4v) is 1.91. The third kappa shape index (κ3) is 4.55. The van der Waals surface area contributed by atoms with Gasteiger partial charge < -0.3 is 15.4 Å². The van der Waals surface area contributed by atoms with Crippen LogP contribution in [0.2, 0.25) is 0 Å². The standard InChI is InChI=1S/C9H15N3OS2/c1-13-6-5-12(4-2-8(10)14)9-11-3-7-15-9/h3,7H,2,4-6H2,1H3,(H2,10,14). The number of nitrogens with zero attached hydrogens (tertiary/aromatic N) is 2. The van der Waals surface area contributed by atoms with Crippen LogP contribution >= 0.6 is 23.6 Å². The van der Waals surface area contributed by atoms with Crippen molar-refractivity contribution in [3.63, 3.8) is 0 Å². The van der Waals surface area contributed by atoms with Crippen LogP contribution in [0.1, 0.15) is 6.42 Å². The van der Waals surface area contributed by atoms with Crippen LogP contribution in [0, 0.1) is 0 Å². The van der Waals surface area contributed by atoms with Crippen LogP contribution in [0.15, 0.2) is 11.6 Å². The lowest BCUT2D eigenvalue weighted by molar-refractivity contribution is 0.205. The molecule has 2 N–H and O–H groups in total. The Morgan fingerprint density at radius 2 is 2.47 bits per heavy atom. The Labute approximate surface area is 99.1 Å². The molecule has 0 bridgehead atoms. The van der Waals surface area contributed by atoms with E-state index in [1.54, 1.807) is 24.6 Å². The summed E-state index contributed by atoms with van der Waals surface area (Å²) < 4.78 is 5.05. The zero-order valence-corrected chi connectivity index (χ0v) is 10.3. The number of rotatable bonds is 7. The van der Waals surface area contributed by atoms with Crippen molar-refractivity contribution in [3.8, 4) is 0 Å². The summed E-state index contributed by atoms with van der Waals surface area (Å²) >= 11 is 6.47. The van der Waals surface area contributed by atoms with E-state index in [1.807, 2.05) is 5.38 Å². The highest BCUT2D eigenvalue weighted by Gasteiger charge is 2.08. The minimum Gasteiger partial charge on any atom is -0.393 e. The van der Waals surface area contributed by atoms with Gasteiger partial charge in [0.15, 0.2) is 5.13 Å². The summed E-state index contributed by atoms with van der Waals surface area (Å²) in [6.45, 7) is 2.29. The van der Waals surface area contributed by atoms with Crippen molar-refractivity contribution < 1.29 is 4.74 Å². The Hall–Kier alpha value is -0.720. The molecule has 1 heterocycles. The highest BCUT2D eigenvalue weighted by molar-refractivity contribution is 7.80. The number of nitrogens with two attached hydrogens (primary N) is 1. The molecule has 0 atom stereocenters. The number of thiocarbonyl (C=S) groups is 1. The molecule has 1 rings (SSSR count). The zero-order chi connectivity index (χ0) is 11.1. The third-order valence-corrected chi connectivity index (χ3v) is 2.92. The van der Waals surface area contributed by atoms with Crippen LogP contribution in [0.3, 0.4) is 0 Å². The molecule has 15 heavy (non-hydrogen) atoms. The molecule has 0 fully saturated rings. The van der Waals surface area contributed by atoms with E-state index < -0.39 is 0 Å². The molecular weight excluding hydrogens is 230 g/mol. The lowest BCUT2D eigenvalue weighted by atomic mass is 10.4. The minimum absolute atomic E-state index is 0.536. The molecule has 0 aromatic carbocycles. The molecule has 0 saturated heterocycles. The number of methoxy groups -OCH3 is 1. The van der Waals surface area contributed by atoms with Gasteiger partial charge in [0.05, 0.1) is 11.6 Å². The molecule has 1 aromatic rings.